The molecule has 0 N–H and O–H groups in total. The van der Waals surface area contributed by atoms with Crippen LogP contribution in [0, 0.1) is 0 Å². The molecular weight excluding hydrogens is 1510 g/mol. The van der Waals surface area contributed by atoms with E-state index in [1.54, 1.807) is 0 Å². The maximum absolute atomic E-state index is 2.80. The minimum atomic E-state index is 1.10. The Morgan fingerprint density at radius 1 is 0.111 bits per heavy atom. The summed E-state index contributed by atoms with van der Waals surface area (Å²) in [5.74, 6) is 0. The number of benzene rings is 11. The van der Waals surface area contributed by atoms with Crippen molar-refractivity contribution in [1.82, 2.24) is 0 Å². The SMILES string of the molecule is CCCCCCCCc1ccc(-c2c(-c3ccc(CCCCCCCC)cc3)c(-c3ccc(CCCCCCCC)cc3)c3cc4c(-c5ccc(CCCCCCCC)cc5)c(-c5ccc(CCCCCCCC)cc5)c(-c5ccc(CCCCCCCC)cc5)c(-c5ccc(CCCCCCCC)cc5)c4cc3c2-c2ccc(CCCCCCCC)cc2)cc1. The number of hydrogen-bond donors (Lipinski definition) is 0. The van der Waals surface area contributed by atoms with Gasteiger partial charge in [0.2, 0.25) is 0 Å². The first-order chi connectivity index (χ1) is 62.3. The average Bonchev–Trinajstić information content (AvgIpc) is 0.698. The lowest BCUT2D eigenvalue weighted by Gasteiger charge is -2.28. The third kappa shape index (κ3) is 30.5. The van der Waals surface area contributed by atoms with Gasteiger partial charge in [-0.25, -0.2) is 0 Å². The number of rotatable bonds is 64. The van der Waals surface area contributed by atoms with Crippen molar-refractivity contribution in [2.45, 2.75) is 415 Å². The van der Waals surface area contributed by atoms with Crippen LogP contribution in [0.1, 0.15) is 408 Å². The van der Waals surface area contributed by atoms with Crippen LogP contribution in [-0.2, 0) is 51.4 Å². The first-order valence-electron chi connectivity index (χ1n) is 53.2. The van der Waals surface area contributed by atoms with Crippen LogP contribution in [0.4, 0.5) is 0 Å². The van der Waals surface area contributed by atoms with Gasteiger partial charge in [0, 0.05) is 0 Å². The highest BCUT2D eigenvalue weighted by Gasteiger charge is 2.30. The fraction of sp³-hybridized carbons (Fsp3) is 0.508. The van der Waals surface area contributed by atoms with Gasteiger partial charge in [-0.1, -0.05) is 506 Å². The fourth-order valence-electron chi connectivity index (χ4n) is 20.4. The van der Waals surface area contributed by atoms with Crippen molar-refractivity contribution >= 4 is 21.5 Å². The largest absolute Gasteiger partial charge is 0.0654 e. The molecule has 126 heavy (non-hydrogen) atoms. The second-order valence-corrected chi connectivity index (χ2v) is 38.7. The maximum atomic E-state index is 2.80. The van der Waals surface area contributed by atoms with Crippen molar-refractivity contribution in [3.63, 3.8) is 0 Å². The summed E-state index contributed by atoms with van der Waals surface area (Å²) in [5.41, 5.74) is 32.6. The summed E-state index contributed by atoms with van der Waals surface area (Å²) in [6.45, 7) is 18.7. The van der Waals surface area contributed by atoms with Crippen LogP contribution < -0.4 is 0 Å². The average molecular weight is 1680 g/mol. The van der Waals surface area contributed by atoms with Crippen LogP contribution in [0.3, 0.4) is 0 Å². The van der Waals surface area contributed by atoms with E-state index in [0.717, 1.165) is 51.4 Å². The van der Waals surface area contributed by atoms with Crippen LogP contribution in [0.2, 0.25) is 0 Å². The van der Waals surface area contributed by atoms with Gasteiger partial charge in [-0.15, -0.1) is 0 Å². The Hall–Kier alpha value is -8.06. The minimum Gasteiger partial charge on any atom is -0.0654 e. The molecule has 0 nitrogen and oxygen atoms in total. The van der Waals surface area contributed by atoms with E-state index in [9.17, 15) is 0 Å². The van der Waals surface area contributed by atoms with Crippen molar-refractivity contribution in [2.24, 2.45) is 0 Å². The highest BCUT2D eigenvalue weighted by molar-refractivity contribution is 6.26. The van der Waals surface area contributed by atoms with E-state index >= 15 is 0 Å². The third-order valence-corrected chi connectivity index (χ3v) is 28.2. The van der Waals surface area contributed by atoms with Gasteiger partial charge < -0.3 is 0 Å². The lowest BCUT2D eigenvalue weighted by atomic mass is 9.75. The van der Waals surface area contributed by atoms with Crippen molar-refractivity contribution in [3.8, 4) is 89.0 Å². The molecule has 0 heteroatoms. The molecule has 0 heterocycles. The van der Waals surface area contributed by atoms with E-state index in [1.807, 2.05) is 0 Å². The minimum absolute atomic E-state index is 1.10. The van der Waals surface area contributed by atoms with Crippen molar-refractivity contribution in [1.29, 1.82) is 0 Å². The van der Waals surface area contributed by atoms with E-state index in [2.05, 4.69) is 262 Å². The first kappa shape index (κ1) is 98.5. The van der Waals surface area contributed by atoms with Gasteiger partial charge >= 0.3 is 0 Å². The van der Waals surface area contributed by atoms with Crippen molar-refractivity contribution in [3.05, 3.63) is 251 Å². The van der Waals surface area contributed by atoms with Gasteiger partial charge in [-0.05, 0) is 270 Å². The lowest BCUT2D eigenvalue weighted by Crippen LogP contribution is -2.01. The van der Waals surface area contributed by atoms with Gasteiger partial charge in [-0.2, -0.15) is 0 Å². The molecule has 11 rings (SSSR count). The Morgan fingerprint density at radius 2 is 0.214 bits per heavy atom. The predicted molar refractivity (Wildman–Crippen MR) is 562 cm³/mol. The molecule has 0 saturated heterocycles. The molecule has 0 amide bonds. The highest BCUT2D eigenvalue weighted by Crippen LogP contribution is 2.57. The molecule has 0 aliphatic rings. The molecule has 11 aromatic carbocycles. The monoisotopic (exact) mass is 1680 g/mol. The molecule has 0 bridgehead atoms. The number of aryl methyl sites for hydroxylation is 8. The summed E-state index contributed by atoms with van der Waals surface area (Å²) in [5, 5.41) is 5.28. The number of hydrogen-bond acceptors (Lipinski definition) is 0. The second-order valence-electron chi connectivity index (χ2n) is 38.7. The second kappa shape index (κ2) is 57.1. The Morgan fingerprint density at radius 3 is 0.333 bits per heavy atom. The molecule has 11 aromatic rings. The number of unbranched alkanes of at least 4 members (excludes halogenated alkanes) is 40. The van der Waals surface area contributed by atoms with E-state index in [1.165, 1.54) is 463 Å². The Kier molecular flexibility index (Phi) is 44.6. The summed E-state index contributed by atoms with van der Waals surface area (Å²) in [4.78, 5) is 0. The summed E-state index contributed by atoms with van der Waals surface area (Å²) in [6, 6.07) is 86.9. The van der Waals surface area contributed by atoms with Crippen molar-refractivity contribution in [2.75, 3.05) is 0 Å². The molecule has 0 saturated carbocycles. The van der Waals surface area contributed by atoms with E-state index in [0.29, 0.717) is 0 Å². The highest BCUT2D eigenvalue weighted by atomic mass is 14.3. The molecule has 0 fully saturated rings. The third-order valence-electron chi connectivity index (χ3n) is 28.2. The van der Waals surface area contributed by atoms with Gasteiger partial charge in [0.15, 0.2) is 0 Å². The van der Waals surface area contributed by atoms with Gasteiger partial charge in [0.25, 0.3) is 0 Å². The maximum Gasteiger partial charge on any atom is -0.00141 e. The normalized spacial score (nSPS) is 11.7. The van der Waals surface area contributed by atoms with E-state index in [4.69, 9.17) is 0 Å². The fourth-order valence-corrected chi connectivity index (χ4v) is 20.4. The quantitative estimate of drug-likeness (QED) is 0.0263. The standard InChI is InChI=1S/C126H170/c1-9-17-25-33-41-49-57-99-65-81-107(82-66-99)119-115-97-117-118(98-116(115)120(108-83-67-100(68-84-108)58-50-42-34-26-18-10-2)124(112-91-75-104(76-92-112)62-54-46-38-30-22-14-6)123(119)111-89-73-103(74-90-111)61-53-45-37-29-21-13-5)122(110-87-71-102(72-88-110)60-52-44-36-28-20-12-4)126(114-95-79-106(80-96-114)64-56-48-40-32-24-16-8)125(113-93-77-105(78-94-113)63-55-47-39-31-23-15-7)121(117)109-85-69-101(70-86-109)59-51-43-35-27-19-11-3/h65-98H,9-64H2,1-8H3. The first-order valence-corrected chi connectivity index (χ1v) is 53.2. The van der Waals surface area contributed by atoms with Gasteiger partial charge in [-0.3, -0.25) is 0 Å². The van der Waals surface area contributed by atoms with Gasteiger partial charge in [0.1, 0.15) is 0 Å². The van der Waals surface area contributed by atoms with Crippen LogP contribution in [0.5, 0.6) is 0 Å². The predicted octanol–water partition coefficient (Wildman–Crippen LogP) is 40.6. The number of fused-ring (bicyclic) bond motifs is 2. The zero-order valence-electron chi connectivity index (χ0n) is 81.2. The molecule has 674 valence electrons. The summed E-state index contributed by atoms with van der Waals surface area (Å²) in [7, 11) is 0. The molecule has 0 atom stereocenters. The molecule has 0 aliphatic heterocycles. The smallest absolute Gasteiger partial charge is 0.00141 e. The van der Waals surface area contributed by atoms with Crippen LogP contribution >= 0.6 is 0 Å². The molecule has 0 aromatic heterocycles. The van der Waals surface area contributed by atoms with Gasteiger partial charge in [0.05, 0.1) is 0 Å². The van der Waals surface area contributed by atoms with E-state index in [-0.39, 0.29) is 0 Å². The Balaban J connectivity index is 1.29. The van der Waals surface area contributed by atoms with Crippen molar-refractivity contribution < 1.29 is 0 Å². The molecule has 0 unspecified atom stereocenters. The lowest BCUT2D eigenvalue weighted by molar-refractivity contribution is 0.607. The molecular formula is C126H170. The summed E-state index contributed by atoms with van der Waals surface area (Å²) >= 11 is 0. The van der Waals surface area contributed by atoms with Crippen LogP contribution in [0.25, 0.3) is 111 Å². The Labute approximate surface area is 771 Å². The topological polar surface area (TPSA) is 0 Å². The summed E-state index contributed by atoms with van der Waals surface area (Å²) in [6.07, 6.45) is 71.1. The Bertz CT molecular complexity index is 4180. The zero-order valence-corrected chi connectivity index (χ0v) is 81.2. The zero-order chi connectivity index (χ0) is 87.8. The summed E-state index contributed by atoms with van der Waals surface area (Å²) < 4.78 is 0. The van der Waals surface area contributed by atoms with Crippen LogP contribution in [-0.4, -0.2) is 0 Å². The van der Waals surface area contributed by atoms with Crippen LogP contribution in [0.15, 0.2) is 206 Å². The molecule has 0 radical (unpaired) electrons. The molecule has 0 aliphatic carbocycles. The molecule has 0 spiro atoms. The van der Waals surface area contributed by atoms with E-state index < -0.39 is 0 Å².